The summed E-state index contributed by atoms with van der Waals surface area (Å²) in [7, 11) is -3.01. The van der Waals surface area contributed by atoms with Crippen LogP contribution in [0.3, 0.4) is 0 Å². The van der Waals surface area contributed by atoms with Crippen molar-refractivity contribution >= 4 is 15.7 Å². The highest BCUT2D eigenvalue weighted by molar-refractivity contribution is 7.91. The zero-order valence-electron chi connectivity index (χ0n) is 14.9. The first-order chi connectivity index (χ1) is 12.5. The monoisotopic (exact) mass is 376 g/mol. The van der Waals surface area contributed by atoms with Crippen LogP contribution in [-0.2, 0) is 21.1 Å². The van der Waals surface area contributed by atoms with Crippen molar-refractivity contribution in [3.63, 3.8) is 0 Å². The van der Waals surface area contributed by atoms with Crippen LogP contribution in [0.2, 0.25) is 0 Å². The fraction of sp³-hybridized carbons (Fsp3) is 0.474. The number of carbonyl (C=O) groups is 1. The standard InChI is InChI=1S/C19H24N2O4S/c1-2-11-21(16-10-12-26(23,24)14-16)19(22)9-8-18-20-13-17(25-18)15-6-4-3-5-7-15/h3-7,13,16H,2,8-12,14H2,1H3. The molecule has 1 saturated heterocycles. The van der Waals surface area contributed by atoms with Crippen LogP contribution in [0.4, 0.5) is 0 Å². The number of rotatable bonds is 7. The second-order valence-corrected chi connectivity index (χ2v) is 8.86. The Kier molecular flexibility index (Phi) is 5.76. The number of benzene rings is 1. The summed E-state index contributed by atoms with van der Waals surface area (Å²) in [6.07, 6.45) is 3.68. The molecule has 0 aliphatic carbocycles. The van der Waals surface area contributed by atoms with Crippen molar-refractivity contribution in [1.29, 1.82) is 0 Å². The van der Waals surface area contributed by atoms with E-state index < -0.39 is 9.84 Å². The minimum Gasteiger partial charge on any atom is -0.441 e. The second-order valence-electron chi connectivity index (χ2n) is 6.63. The van der Waals surface area contributed by atoms with Gasteiger partial charge in [-0.1, -0.05) is 37.3 Å². The predicted octanol–water partition coefficient (Wildman–Crippen LogP) is 2.70. The van der Waals surface area contributed by atoms with E-state index in [9.17, 15) is 13.2 Å². The van der Waals surface area contributed by atoms with Crippen molar-refractivity contribution < 1.29 is 17.6 Å². The van der Waals surface area contributed by atoms with E-state index in [4.69, 9.17) is 4.42 Å². The smallest absolute Gasteiger partial charge is 0.223 e. The highest BCUT2D eigenvalue weighted by atomic mass is 32.2. The Balaban J connectivity index is 1.61. The largest absolute Gasteiger partial charge is 0.441 e. The first-order valence-electron chi connectivity index (χ1n) is 8.98. The molecule has 1 aromatic carbocycles. The zero-order chi connectivity index (χ0) is 18.6. The van der Waals surface area contributed by atoms with Gasteiger partial charge in [0.05, 0.1) is 17.7 Å². The minimum absolute atomic E-state index is 0.0339. The number of oxazole rings is 1. The summed E-state index contributed by atoms with van der Waals surface area (Å²) in [4.78, 5) is 18.6. The number of carbonyl (C=O) groups excluding carboxylic acids is 1. The van der Waals surface area contributed by atoms with Gasteiger partial charge in [0.2, 0.25) is 5.91 Å². The van der Waals surface area contributed by atoms with Crippen LogP contribution in [0.1, 0.15) is 32.1 Å². The maximum absolute atomic E-state index is 12.6. The molecule has 26 heavy (non-hydrogen) atoms. The maximum atomic E-state index is 12.6. The van der Waals surface area contributed by atoms with Crippen molar-refractivity contribution in [2.45, 2.75) is 38.6 Å². The second kappa shape index (κ2) is 8.03. The third-order valence-corrected chi connectivity index (χ3v) is 6.35. The molecule has 140 valence electrons. The van der Waals surface area contributed by atoms with E-state index in [1.54, 1.807) is 11.1 Å². The molecule has 3 rings (SSSR count). The van der Waals surface area contributed by atoms with Gasteiger partial charge in [-0.05, 0) is 12.8 Å². The lowest BCUT2D eigenvalue weighted by Gasteiger charge is -2.27. The van der Waals surface area contributed by atoms with E-state index in [0.717, 1.165) is 12.0 Å². The third kappa shape index (κ3) is 4.52. The lowest BCUT2D eigenvalue weighted by molar-refractivity contribution is -0.133. The molecule has 1 atom stereocenters. The summed E-state index contributed by atoms with van der Waals surface area (Å²) < 4.78 is 29.2. The number of aryl methyl sites for hydroxylation is 1. The van der Waals surface area contributed by atoms with Crippen LogP contribution >= 0.6 is 0 Å². The van der Waals surface area contributed by atoms with Gasteiger partial charge in [0.25, 0.3) is 0 Å². The lowest BCUT2D eigenvalue weighted by Crippen LogP contribution is -2.41. The molecule has 2 aromatic rings. The molecule has 6 nitrogen and oxygen atoms in total. The highest BCUT2D eigenvalue weighted by Gasteiger charge is 2.34. The molecule has 1 aliphatic heterocycles. The van der Waals surface area contributed by atoms with Gasteiger partial charge in [-0.2, -0.15) is 0 Å². The summed E-state index contributed by atoms with van der Waals surface area (Å²) in [5.74, 6) is 1.42. The maximum Gasteiger partial charge on any atom is 0.223 e. The van der Waals surface area contributed by atoms with Crippen LogP contribution in [0.5, 0.6) is 0 Å². The van der Waals surface area contributed by atoms with E-state index >= 15 is 0 Å². The predicted molar refractivity (Wildman–Crippen MR) is 99.3 cm³/mol. The topological polar surface area (TPSA) is 80.5 Å². The van der Waals surface area contributed by atoms with E-state index in [2.05, 4.69) is 4.98 Å². The minimum atomic E-state index is -3.01. The Labute approximate surface area is 154 Å². The summed E-state index contributed by atoms with van der Waals surface area (Å²) >= 11 is 0. The Hall–Kier alpha value is -2.15. The van der Waals surface area contributed by atoms with Crippen molar-refractivity contribution in [1.82, 2.24) is 9.88 Å². The zero-order valence-corrected chi connectivity index (χ0v) is 15.7. The number of hydrogen-bond acceptors (Lipinski definition) is 5. The van der Waals surface area contributed by atoms with Crippen molar-refractivity contribution in [2.24, 2.45) is 0 Å². The lowest BCUT2D eigenvalue weighted by atomic mass is 10.1. The number of amides is 1. The molecule has 2 heterocycles. The molecule has 1 amide bonds. The Morgan fingerprint density at radius 3 is 2.73 bits per heavy atom. The van der Waals surface area contributed by atoms with Crippen LogP contribution in [0.25, 0.3) is 11.3 Å². The van der Waals surface area contributed by atoms with Gasteiger partial charge in [-0.3, -0.25) is 4.79 Å². The number of nitrogens with zero attached hydrogens (tertiary/aromatic N) is 2. The molecule has 1 aromatic heterocycles. The normalized spacial score (nSPS) is 18.7. The average Bonchev–Trinajstić information content (AvgIpc) is 3.24. The fourth-order valence-electron chi connectivity index (χ4n) is 3.29. The molecule has 1 fully saturated rings. The van der Waals surface area contributed by atoms with E-state index in [-0.39, 0.29) is 29.9 Å². The molecule has 1 aliphatic rings. The van der Waals surface area contributed by atoms with Gasteiger partial charge in [0.1, 0.15) is 0 Å². The summed E-state index contributed by atoms with van der Waals surface area (Å²) in [5, 5.41) is 0. The molecule has 1 unspecified atom stereocenters. The first-order valence-corrected chi connectivity index (χ1v) is 10.8. The van der Waals surface area contributed by atoms with E-state index in [1.807, 2.05) is 37.3 Å². The average molecular weight is 376 g/mol. The number of sulfone groups is 1. The van der Waals surface area contributed by atoms with Gasteiger partial charge >= 0.3 is 0 Å². The molecular weight excluding hydrogens is 352 g/mol. The number of hydrogen-bond donors (Lipinski definition) is 0. The summed E-state index contributed by atoms with van der Waals surface area (Å²) in [6, 6.07) is 9.48. The molecule has 0 bridgehead atoms. The Morgan fingerprint density at radius 2 is 2.08 bits per heavy atom. The molecule has 7 heteroatoms. The van der Waals surface area contributed by atoms with Gasteiger partial charge in [0.15, 0.2) is 21.5 Å². The molecule has 0 saturated carbocycles. The quantitative estimate of drug-likeness (QED) is 0.742. The molecular formula is C19H24N2O4S. The fourth-order valence-corrected chi connectivity index (χ4v) is 5.02. The molecule has 0 N–H and O–H groups in total. The van der Waals surface area contributed by atoms with Gasteiger partial charge < -0.3 is 9.32 Å². The van der Waals surface area contributed by atoms with Crippen LogP contribution in [0.15, 0.2) is 40.9 Å². The number of aromatic nitrogens is 1. The Morgan fingerprint density at radius 1 is 1.31 bits per heavy atom. The summed E-state index contributed by atoms with van der Waals surface area (Å²) in [6.45, 7) is 2.57. The van der Waals surface area contributed by atoms with Gasteiger partial charge in [-0.15, -0.1) is 0 Å². The third-order valence-electron chi connectivity index (χ3n) is 4.60. The van der Waals surface area contributed by atoms with Gasteiger partial charge in [0, 0.05) is 31.0 Å². The van der Waals surface area contributed by atoms with Crippen LogP contribution in [-0.4, -0.2) is 48.3 Å². The van der Waals surface area contributed by atoms with Crippen molar-refractivity contribution in [3.8, 4) is 11.3 Å². The highest BCUT2D eigenvalue weighted by Crippen LogP contribution is 2.22. The first kappa shape index (κ1) is 18.6. The van der Waals surface area contributed by atoms with Gasteiger partial charge in [-0.25, -0.2) is 13.4 Å². The van der Waals surface area contributed by atoms with Crippen LogP contribution < -0.4 is 0 Å². The molecule has 0 radical (unpaired) electrons. The Bertz CT molecular complexity index is 845. The van der Waals surface area contributed by atoms with E-state index in [1.165, 1.54) is 0 Å². The van der Waals surface area contributed by atoms with Crippen molar-refractivity contribution in [3.05, 3.63) is 42.4 Å². The summed E-state index contributed by atoms with van der Waals surface area (Å²) in [5.41, 5.74) is 0.946. The molecule has 0 spiro atoms. The van der Waals surface area contributed by atoms with Crippen molar-refractivity contribution in [2.75, 3.05) is 18.1 Å². The SMILES string of the molecule is CCCN(C(=O)CCc1ncc(-c2ccccc2)o1)C1CCS(=O)(=O)C1. The van der Waals surface area contributed by atoms with E-state index in [0.29, 0.717) is 31.0 Å². The van der Waals surface area contributed by atoms with Crippen LogP contribution in [0, 0.1) is 0 Å².